The Balaban J connectivity index is 1.67. The molecular formula is C13H15N3O2S. The third kappa shape index (κ3) is 1.82. The fourth-order valence-electron chi connectivity index (χ4n) is 2.56. The maximum absolute atomic E-state index is 6.21. The zero-order valence-corrected chi connectivity index (χ0v) is 11.3. The molecule has 19 heavy (non-hydrogen) atoms. The van der Waals surface area contributed by atoms with Crippen LogP contribution in [-0.2, 0) is 23.3 Å². The van der Waals surface area contributed by atoms with Gasteiger partial charge in [0.1, 0.15) is 0 Å². The van der Waals surface area contributed by atoms with Gasteiger partial charge in [-0.05, 0) is 30.9 Å². The highest BCUT2D eigenvalue weighted by atomic mass is 32.1. The summed E-state index contributed by atoms with van der Waals surface area (Å²) < 4.78 is 10.8. The molecule has 100 valence electrons. The molecule has 5 nitrogen and oxygen atoms in total. The fraction of sp³-hybridized carbons (Fsp3) is 0.538. The number of nitrogens with two attached hydrogens (primary N) is 1. The molecule has 0 amide bonds. The van der Waals surface area contributed by atoms with Crippen molar-refractivity contribution in [3.8, 4) is 10.8 Å². The van der Waals surface area contributed by atoms with E-state index in [0.717, 1.165) is 37.2 Å². The van der Waals surface area contributed by atoms with E-state index in [1.54, 1.807) is 11.3 Å². The first-order valence-corrected chi connectivity index (χ1v) is 7.39. The van der Waals surface area contributed by atoms with Crippen LogP contribution in [0.15, 0.2) is 10.6 Å². The molecule has 3 heterocycles. The Bertz CT molecular complexity index is 592. The van der Waals surface area contributed by atoms with Crippen molar-refractivity contribution >= 4 is 11.3 Å². The van der Waals surface area contributed by atoms with Gasteiger partial charge in [0, 0.05) is 11.3 Å². The Labute approximate surface area is 114 Å². The average Bonchev–Trinajstić information content (AvgIpc) is 3.02. The lowest BCUT2D eigenvalue weighted by atomic mass is 9.77. The number of rotatable bonds is 2. The van der Waals surface area contributed by atoms with Crippen LogP contribution in [0.2, 0.25) is 0 Å². The summed E-state index contributed by atoms with van der Waals surface area (Å²) in [5.41, 5.74) is 7.10. The Kier molecular flexibility index (Phi) is 2.51. The molecule has 0 aromatic carbocycles. The van der Waals surface area contributed by atoms with Crippen LogP contribution in [-0.4, -0.2) is 16.7 Å². The molecule has 2 aromatic heterocycles. The van der Waals surface area contributed by atoms with Gasteiger partial charge in [0.25, 0.3) is 5.89 Å². The summed E-state index contributed by atoms with van der Waals surface area (Å²) in [4.78, 5) is 6.88. The van der Waals surface area contributed by atoms with Crippen LogP contribution >= 0.6 is 11.3 Å². The zero-order chi connectivity index (χ0) is 12.9. The molecule has 2 aromatic rings. The Hall–Kier alpha value is -1.24. The maximum Gasteiger partial charge on any atom is 0.268 e. The highest BCUT2D eigenvalue weighted by molar-refractivity contribution is 7.15. The first kappa shape index (κ1) is 11.6. The van der Waals surface area contributed by atoms with E-state index in [1.165, 1.54) is 10.4 Å². The van der Waals surface area contributed by atoms with Crippen LogP contribution in [0.5, 0.6) is 0 Å². The van der Waals surface area contributed by atoms with Crippen LogP contribution in [0.25, 0.3) is 10.8 Å². The number of aromatic nitrogens is 2. The Morgan fingerprint density at radius 1 is 1.37 bits per heavy atom. The Morgan fingerprint density at radius 3 is 3.00 bits per heavy atom. The van der Waals surface area contributed by atoms with Crippen molar-refractivity contribution in [3.05, 3.63) is 22.3 Å². The van der Waals surface area contributed by atoms with Gasteiger partial charge in [-0.15, -0.1) is 11.3 Å². The molecule has 1 aliphatic heterocycles. The van der Waals surface area contributed by atoms with Gasteiger partial charge in [-0.3, -0.25) is 0 Å². The minimum atomic E-state index is -0.359. The predicted octanol–water partition coefficient (Wildman–Crippen LogP) is 2.21. The molecule has 2 N–H and O–H groups in total. The topological polar surface area (TPSA) is 74.2 Å². The van der Waals surface area contributed by atoms with E-state index in [0.29, 0.717) is 18.3 Å². The van der Waals surface area contributed by atoms with E-state index in [-0.39, 0.29) is 5.54 Å². The minimum absolute atomic E-state index is 0.359. The van der Waals surface area contributed by atoms with Gasteiger partial charge in [-0.1, -0.05) is 5.16 Å². The molecule has 1 fully saturated rings. The van der Waals surface area contributed by atoms with Crippen LogP contribution in [0.4, 0.5) is 0 Å². The van der Waals surface area contributed by atoms with Gasteiger partial charge < -0.3 is 15.0 Å². The van der Waals surface area contributed by atoms with E-state index >= 15 is 0 Å². The van der Waals surface area contributed by atoms with Crippen molar-refractivity contribution in [2.45, 2.75) is 37.8 Å². The third-order valence-electron chi connectivity index (χ3n) is 3.96. The van der Waals surface area contributed by atoms with Crippen molar-refractivity contribution in [2.75, 3.05) is 6.61 Å². The molecule has 0 radical (unpaired) electrons. The number of nitrogens with zero attached hydrogens (tertiary/aromatic N) is 2. The molecule has 0 atom stereocenters. The molecule has 6 heteroatoms. The van der Waals surface area contributed by atoms with Gasteiger partial charge in [-0.25, -0.2) is 0 Å². The lowest BCUT2D eigenvalue weighted by Gasteiger charge is -2.34. The summed E-state index contributed by atoms with van der Waals surface area (Å²) in [6.45, 7) is 1.49. The first-order valence-electron chi connectivity index (χ1n) is 6.57. The van der Waals surface area contributed by atoms with E-state index in [1.807, 2.05) is 0 Å². The number of hydrogen-bond acceptors (Lipinski definition) is 6. The highest BCUT2D eigenvalue weighted by Gasteiger charge is 2.39. The molecule has 1 saturated carbocycles. The summed E-state index contributed by atoms with van der Waals surface area (Å²) in [5.74, 6) is 1.24. The molecule has 0 unspecified atom stereocenters. The van der Waals surface area contributed by atoms with Crippen molar-refractivity contribution in [1.82, 2.24) is 10.1 Å². The quantitative estimate of drug-likeness (QED) is 0.911. The smallest absolute Gasteiger partial charge is 0.268 e. The lowest BCUT2D eigenvalue weighted by molar-refractivity contribution is 0.112. The predicted molar refractivity (Wildman–Crippen MR) is 70.7 cm³/mol. The second kappa shape index (κ2) is 4.13. The lowest BCUT2D eigenvalue weighted by Crippen LogP contribution is -2.44. The largest absolute Gasteiger partial charge is 0.376 e. The van der Waals surface area contributed by atoms with Crippen LogP contribution < -0.4 is 5.73 Å². The second-order valence-electron chi connectivity index (χ2n) is 5.29. The molecule has 0 bridgehead atoms. The summed E-state index contributed by atoms with van der Waals surface area (Å²) in [5, 5.41) is 4.06. The molecule has 1 aliphatic carbocycles. The highest BCUT2D eigenvalue weighted by Crippen LogP contribution is 2.39. The molecule has 0 saturated heterocycles. The molecule has 0 spiro atoms. The summed E-state index contributed by atoms with van der Waals surface area (Å²) >= 11 is 1.72. The monoisotopic (exact) mass is 277 g/mol. The SMILES string of the molecule is NC1(c2noc(-c3cc4c(s3)CCOC4)n2)CCC1. The van der Waals surface area contributed by atoms with E-state index in [2.05, 4.69) is 16.2 Å². The summed E-state index contributed by atoms with van der Waals surface area (Å²) in [6.07, 6.45) is 4.01. The van der Waals surface area contributed by atoms with Crippen molar-refractivity contribution < 1.29 is 9.26 Å². The fourth-order valence-corrected chi connectivity index (χ4v) is 3.63. The number of thiophene rings is 1. The van der Waals surface area contributed by atoms with Crippen LogP contribution in [0, 0.1) is 0 Å². The minimum Gasteiger partial charge on any atom is -0.376 e. The second-order valence-corrected chi connectivity index (χ2v) is 6.43. The zero-order valence-electron chi connectivity index (χ0n) is 10.5. The van der Waals surface area contributed by atoms with E-state index in [4.69, 9.17) is 15.0 Å². The maximum atomic E-state index is 6.21. The average molecular weight is 277 g/mol. The Morgan fingerprint density at radius 2 is 2.26 bits per heavy atom. The van der Waals surface area contributed by atoms with Gasteiger partial charge >= 0.3 is 0 Å². The van der Waals surface area contributed by atoms with Crippen LogP contribution in [0.1, 0.15) is 35.5 Å². The molecule has 4 rings (SSSR count). The van der Waals surface area contributed by atoms with Gasteiger partial charge in [-0.2, -0.15) is 4.98 Å². The van der Waals surface area contributed by atoms with Gasteiger partial charge in [0.2, 0.25) is 0 Å². The van der Waals surface area contributed by atoms with Crippen molar-refractivity contribution in [1.29, 1.82) is 0 Å². The van der Waals surface area contributed by atoms with Crippen molar-refractivity contribution in [2.24, 2.45) is 5.73 Å². The van der Waals surface area contributed by atoms with E-state index in [9.17, 15) is 0 Å². The van der Waals surface area contributed by atoms with Gasteiger partial charge in [0.05, 0.1) is 23.6 Å². The number of fused-ring (bicyclic) bond motifs is 1. The van der Waals surface area contributed by atoms with E-state index < -0.39 is 0 Å². The first-order chi connectivity index (χ1) is 9.24. The van der Waals surface area contributed by atoms with Crippen LogP contribution in [0.3, 0.4) is 0 Å². The van der Waals surface area contributed by atoms with Crippen molar-refractivity contribution in [3.63, 3.8) is 0 Å². The molecule has 2 aliphatic rings. The third-order valence-corrected chi connectivity index (χ3v) is 5.18. The number of ether oxygens (including phenoxy) is 1. The standard InChI is InChI=1S/C13H15N3O2S/c14-13(3-1-4-13)12-15-11(18-16-12)10-6-8-7-17-5-2-9(8)19-10/h6H,1-5,7,14H2. The molecular weight excluding hydrogens is 262 g/mol. The normalized spacial score (nSPS) is 20.9. The van der Waals surface area contributed by atoms with Gasteiger partial charge in [0.15, 0.2) is 5.82 Å². The number of hydrogen-bond donors (Lipinski definition) is 1. The summed E-state index contributed by atoms with van der Waals surface area (Å²) in [7, 11) is 0. The summed E-state index contributed by atoms with van der Waals surface area (Å²) in [6, 6.07) is 2.10.